The average molecular weight is 310 g/mol. The molecule has 3 saturated heterocycles. The molecule has 0 amide bonds. The highest BCUT2D eigenvalue weighted by Crippen LogP contribution is 2.34. The molecule has 0 spiro atoms. The lowest BCUT2D eigenvalue weighted by Gasteiger charge is -2.27. The zero-order valence-electron chi connectivity index (χ0n) is 13.9. The average Bonchev–Trinajstić information content (AvgIpc) is 3.25. The van der Waals surface area contributed by atoms with E-state index in [4.69, 9.17) is 9.47 Å². The summed E-state index contributed by atoms with van der Waals surface area (Å²) in [4.78, 5) is 6.90. The summed E-state index contributed by atoms with van der Waals surface area (Å²) < 4.78 is 11.1. The molecule has 3 aliphatic rings. The van der Waals surface area contributed by atoms with Gasteiger partial charge in [-0.1, -0.05) is 0 Å². The van der Waals surface area contributed by atoms with E-state index in [1.54, 1.807) is 7.11 Å². The van der Waals surface area contributed by atoms with E-state index in [2.05, 4.69) is 20.5 Å². The zero-order valence-corrected chi connectivity index (χ0v) is 13.9. The van der Waals surface area contributed by atoms with E-state index in [-0.39, 0.29) is 0 Å². The molecule has 126 valence electrons. The molecule has 0 aromatic carbocycles. The highest BCUT2D eigenvalue weighted by molar-refractivity contribution is 5.80. The lowest BCUT2D eigenvalue weighted by atomic mass is 9.96. The van der Waals surface area contributed by atoms with Crippen molar-refractivity contribution in [3.8, 4) is 0 Å². The summed E-state index contributed by atoms with van der Waals surface area (Å²) in [6.45, 7) is 3.97. The van der Waals surface area contributed by atoms with Crippen molar-refractivity contribution in [2.75, 3.05) is 40.4 Å². The second kappa shape index (κ2) is 7.62. The number of methoxy groups -OCH3 is 1. The van der Waals surface area contributed by atoms with Gasteiger partial charge < -0.3 is 20.1 Å². The molecule has 2 bridgehead atoms. The zero-order chi connectivity index (χ0) is 15.4. The molecule has 0 aromatic rings. The number of hydrogen-bond donors (Lipinski definition) is 2. The van der Waals surface area contributed by atoms with Crippen LogP contribution in [0, 0.1) is 0 Å². The van der Waals surface area contributed by atoms with Crippen LogP contribution in [-0.2, 0) is 9.47 Å². The number of fused-ring (bicyclic) bond motifs is 2. The minimum atomic E-state index is 0.383. The van der Waals surface area contributed by atoms with E-state index in [9.17, 15) is 0 Å². The SMILES string of the molecule is CN=C(NCC1CCCN1CCOC)NC1CC2CCC1O2. The molecule has 3 heterocycles. The van der Waals surface area contributed by atoms with Gasteiger partial charge >= 0.3 is 0 Å². The summed E-state index contributed by atoms with van der Waals surface area (Å²) in [6, 6.07) is 1.02. The summed E-state index contributed by atoms with van der Waals surface area (Å²) in [5.74, 6) is 0.916. The van der Waals surface area contributed by atoms with Gasteiger partial charge in [0.15, 0.2) is 5.96 Å². The molecular weight excluding hydrogens is 280 g/mol. The van der Waals surface area contributed by atoms with Crippen LogP contribution in [0.4, 0.5) is 0 Å². The molecule has 4 unspecified atom stereocenters. The van der Waals surface area contributed by atoms with Crippen molar-refractivity contribution in [3.63, 3.8) is 0 Å². The van der Waals surface area contributed by atoms with Gasteiger partial charge in [0, 0.05) is 33.3 Å². The maximum absolute atomic E-state index is 5.90. The number of ether oxygens (including phenoxy) is 2. The Labute approximate surface area is 133 Å². The van der Waals surface area contributed by atoms with Crippen LogP contribution in [0.2, 0.25) is 0 Å². The molecule has 0 saturated carbocycles. The second-order valence-electron chi connectivity index (χ2n) is 6.64. The Bertz CT molecular complexity index is 390. The lowest BCUT2D eigenvalue weighted by molar-refractivity contribution is 0.0992. The van der Waals surface area contributed by atoms with Gasteiger partial charge in [-0.2, -0.15) is 0 Å². The third-order valence-electron chi connectivity index (χ3n) is 5.24. The number of nitrogens with one attached hydrogen (secondary N) is 2. The van der Waals surface area contributed by atoms with Crippen molar-refractivity contribution < 1.29 is 9.47 Å². The lowest BCUT2D eigenvalue weighted by Crippen LogP contribution is -2.50. The maximum atomic E-state index is 5.90. The quantitative estimate of drug-likeness (QED) is 0.555. The molecule has 0 aromatic heterocycles. The highest BCUT2D eigenvalue weighted by Gasteiger charge is 2.41. The Hall–Kier alpha value is -0.850. The van der Waals surface area contributed by atoms with Crippen LogP contribution in [0.3, 0.4) is 0 Å². The van der Waals surface area contributed by atoms with Crippen LogP contribution in [0.15, 0.2) is 4.99 Å². The molecule has 3 rings (SSSR count). The van der Waals surface area contributed by atoms with Crippen LogP contribution in [0.25, 0.3) is 0 Å². The van der Waals surface area contributed by atoms with Gasteiger partial charge in [-0.15, -0.1) is 0 Å². The minimum absolute atomic E-state index is 0.383. The first-order valence-corrected chi connectivity index (χ1v) is 8.65. The van der Waals surface area contributed by atoms with Gasteiger partial charge in [0.25, 0.3) is 0 Å². The number of rotatable bonds is 6. The van der Waals surface area contributed by atoms with Gasteiger partial charge in [0.1, 0.15) is 0 Å². The summed E-state index contributed by atoms with van der Waals surface area (Å²) >= 11 is 0. The van der Waals surface area contributed by atoms with Crippen LogP contribution in [0.1, 0.15) is 32.1 Å². The van der Waals surface area contributed by atoms with Gasteiger partial charge in [-0.25, -0.2) is 0 Å². The van der Waals surface area contributed by atoms with Crippen LogP contribution in [-0.4, -0.2) is 75.5 Å². The second-order valence-corrected chi connectivity index (χ2v) is 6.64. The van der Waals surface area contributed by atoms with Crippen LogP contribution >= 0.6 is 0 Å². The van der Waals surface area contributed by atoms with E-state index in [1.165, 1.54) is 32.2 Å². The van der Waals surface area contributed by atoms with E-state index in [1.807, 2.05) is 7.05 Å². The van der Waals surface area contributed by atoms with E-state index >= 15 is 0 Å². The third kappa shape index (κ3) is 3.73. The Morgan fingerprint density at radius 1 is 1.36 bits per heavy atom. The largest absolute Gasteiger partial charge is 0.383 e. The molecule has 0 aliphatic carbocycles. The third-order valence-corrected chi connectivity index (χ3v) is 5.24. The maximum Gasteiger partial charge on any atom is 0.191 e. The smallest absolute Gasteiger partial charge is 0.191 e. The number of likely N-dealkylation sites (tertiary alicyclic amines) is 1. The molecule has 3 aliphatic heterocycles. The standard InChI is InChI=1S/C16H30N4O2/c1-17-16(19-14-10-13-5-6-15(14)22-13)18-11-12-4-3-7-20(12)8-9-21-2/h12-15H,3-11H2,1-2H3,(H2,17,18,19). The van der Waals surface area contributed by atoms with Crippen molar-refractivity contribution in [3.05, 3.63) is 0 Å². The Morgan fingerprint density at radius 3 is 2.95 bits per heavy atom. The molecular formula is C16H30N4O2. The summed E-state index contributed by atoms with van der Waals surface area (Å²) in [5.41, 5.74) is 0. The summed E-state index contributed by atoms with van der Waals surface area (Å²) in [5, 5.41) is 7.05. The highest BCUT2D eigenvalue weighted by atomic mass is 16.5. The van der Waals surface area contributed by atoms with Crippen molar-refractivity contribution in [1.29, 1.82) is 0 Å². The number of guanidine groups is 1. The molecule has 2 N–H and O–H groups in total. The Morgan fingerprint density at radius 2 is 2.27 bits per heavy atom. The normalized spacial score (nSPS) is 35.3. The predicted octanol–water partition coefficient (Wildman–Crippen LogP) is 0.582. The number of nitrogens with zero attached hydrogens (tertiary/aromatic N) is 2. The topological polar surface area (TPSA) is 58.1 Å². The molecule has 22 heavy (non-hydrogen) atoms. The molecule has 6 heteroatoms. The monoisotopic (exact) mass is 310 g/mol. The van der Waals surface area contributed by atoms with Crippen LogP contribution < -0.4 is 10.6 Å². The first-order chi connectivity index (χ1) is 10.8. The van der Waals surface area contributed by atoms with E-state index < -0.39 is 0 Å². The number of aliphatic imine (C=N–C) groups is 1. The molecule has 4 atom stereocenters. The summed E-state index contributed by atoms with van der Waals surface area (Å²) in [7, 11) is 3.62. The van der Waals surface area contributed by atoms with E-state index in [0.717, 1.165) is 32.1 Å². The fourth-order valence-electron chi connectivity index (χ4n) is 4.00. The molecule has 0 radical (unpaired) electrons. The van der Waals surface area contributed by atoms with Crippen LogP contribution in [0.5, 0.6) is 0 Å². The van der Waals surface area contributed by atoms with Gasteiger partial charge in [-0.3, -0.25) is 9.89 Å². The molecule has 3 fully saturated rings. The first kappa shape index (κ1) is 16.0. The van der Waals surface area contributed by atoms with Gasteiger partial charge in [-0.05, 0) is 38.6 Å². The van der Waals surface area contributed by atoms with Crippen molar-refractivity contribution in [2.45, 2.75) is 56.4 Å². The van der Waals surface area contributed by atoms with Gasteiger partial charge in [0.2, 0.25) is 0 Å². The summed E-state index contributed by atoms with van der Waals surface area (Å²) in [6.07, 6.45) is 6.92. The minimum Gasteiger partial charge on any atom is -0.383 e. The Balaban J connectivity index is 1.43. The van der Waals surface area contributed by atoms with Crippen molar-refractivity contribution in [1.82, 2.24) is 15.5 Å². The van der Waals surface area contributed by atoms with Crippen molar-refractivity contribution >= 4 is 5.96 Å². The Kier molecular flexibility index (Phi) is 5.55. The number of hydrogen-bond acceptors (Lipinski definition) is 4. The first-order valence-electron chi connectivity index (χ1n) is 8.65. The fourth-order valence-corrected chi connectivity index (χ4v) is 4.00. The van der Waals surface area contributed by atoms with Crippen molar-refractivity contribution in [2.24, 2.45) is 4.99 Å². The van der Waals surface area contributed by atoms with Gasteiger partial charge in [0.05, 0.1) is 24.9 Å². The fraction of sp³-hybridized carbons (Fsp3) is 0.938. The predicted molar refractivity (Wildman–Crippen MR) is 87.3 cm³/mol. The van der Waals surface area contributed by atoms with E-state index in [0.29, 0.717) is 24.3 Å². The molecule has 6 nitrogen and oxygen atoms in total.